The number of carboxylic acids is 1. The van der Waals surface area contributed by atoms with E-state index in [1.807, 2.05) is 0 Å². The molecule has 0 spiro atoms. The summed E-state index contributed by atoms with van der Waals surface area (Å²) in [5.41, 5.74) is -0.372. The molecule has 0 saturated carbocycles. The summed E-state index contributed by atoms with van der Waals surface area (Å²) in [6.45, 7) is 0.102. The van der Waals surface area contributed by atoms with Crippen LogP contribution in [0.15, 0.2) is 48.6 Å². The summed E-state index contributed by atoms with van der Waals surface area (Å²) in [6.07, 6.45) is -2.83. The van der Waals surface area contributed by atoms with Crippen molar-refractivity contribution in [3.05, 3.63) is 75.3 Å². The minimum atomic E-state index is -4.56. The van der Waals surface area contributed by atoms with Crippen LogP contribution in [0.3, 0.4) is 0 Å². The molecule has 3 N–H and O–H groups in total. The van der Waals surface area contributed by atoms with Crippen molar-refractivity contribution in [2.45, 2.75) is 12.7 Å². The van der Waals surface area contributed by atoms with Crippen molar-refractivity contribution < 1.29 is 23.1 Å². The maximum absolute atomic E-state index is 13.0. The Bertz CT molecular complexity index is 892. The molecule has 0 saturated heterocycles. The predicted octanol–water partition coefficient (Wildman–Crippen LogP) is 5.63. The molecule has 0 radical (unpaired) electrons. The number of nitrogens with one attached hydrogen (secondary N) is 2. The smallest absolute Gasteiger partial charge is 0.416 e. The van der Waals surface area contributed by atoms with Gasteiger partial charge in [0.15, 0.2) is 0 Å². The fraction of sp³-hybridized carbons (Fsp3) is 0.111. The van der Waals surface area contributed by atoms with Gasteiger partial charge in [-0.1, -0.05) is 29.3 Å². The Hall–Kier alpha value is -2.51. The lowest BCUT2D eigenvalue weighted by Gasteiger charge is -2.15. The summed E-state index contributed by atoms with van der Waals surface area (Å²) in [4.78, 5) is 10.6. The number of rotatable bonds is 6. The predicted molar refractivity (Wildman–Crippen MR) is 98.8 cm³/mol. The Labute approximate surface area is 162 Å². The third kappa shape index (κ3) is 6.01. The number of aliphatic carboxylic acids is 1. The monoisotopic (exact) mass is 416 g/mol. The number of allylic oxidation sites excluding steroid dienone is 1. The molecular formula is C18H13Cl2F3N2O2. The van der Waals surface area contributed by atoms with Crippen LogP contribution in [0.2, 0.25) is 10.0 Å². The number of carboxylic acid groups (broad SMARTS) is 1. The van der Waals surface area contributed by atoms with E-state index in [1.165, 1.54) is 6.07 Å². The first-order chi connectivity index (χ1) is 12.6. The molecule has 0 aliphatic carbocycles. The van der Waals surface area contributed by atoms with Gasteiger partial charge in [0.1, 0.15) is 0 Å². The van der Waals surface area contributed by atoms with Crippen molar-refractivity contribution in [2.24, 2.45) is 0 Å². The molecule has 2 aromatic carbocycles. The molecular weight excluding hydrogens is 404 g/mol. The van der Waals surface area contributed by atoms with Crippen LogP contribution in [-0.2, 0) is 17.5 Å². The lowest BCUT2D eigenvalue weighted by atomic mass is 10.0. The van der Waals surface area contributed by atoms with Crippen LogP contribution in [0, 0.1) is 5.41 Å². The van der Waals surface area contributed by atoms with E-state index in [0.29, 0.717) is 15.6 Å². The summed E-state index contributed by atoms with van der Waals surface area (Å²) in [5, 5.41) is 20.2. The van der Waals surface area contributed by atoms with Gasteiger partial charge in [-0.2, -0.15) is 13.2 Å². The first-order valence-corrected chi connectivity index (χ1v) is 8.22. The van der Waals surface area contributed by atoms with Crippen LogP contribution in [-0.4, -0.2) is 16.8 Å². The number of alkyl halides is 3. The molecule has 0 aliphatic heterocycles. The van der Waals surface area contributed by atoms with Crippen LogP contribution in [0.5, 0.6) is 0 Å². The zero-order chi connectivity index (χ0) is 20.2. The Morgan fingerprint density at radius 3 is 2.30 bits per heavy atom. The maximum Gasteiger partial charge on any atom is 0.416 e. The zero-order valence-corrected chi connectivity index (χ0v) is 15.1. The van der Waals surface area contributed by atoms with Gasteiger partial charge in [-0.3, -0.25) is 0 Å². The van der Waals surface area contributed by atoms with Gasteiger partial charge < -0.3 is 15.8 Å². The van der Waals surface area contributed by atoms with Gasteiger partial charge in [-0.25, -0.2) is 4.79 Å². The van der Waals surface area contributed by atoms with E-state index in [0.717, 1.165) is 30.4 Å². The molecule has 0 bridgehead atoms. The molecule has 0 fully saturated rings. The SMILES string of the molecule is N=C(/C=C/C(=O)O)c1ccc(C(F)(F)F)cc1NCc1cc(Cl)cc(Cl)c1. The highest BCUT2D eigenvalue weighted by Gasteiger charge is 2.31. The highest BCUT2D eigenvalue weighted by Crippen LogP contribution is 2.33. The first-order valence-electron chi connectivity index (χ1n) is 7.46. The molecule has 27 heavy (non-hydrogen) atoms. The summed E-state index contributed by atoms with van der Waals surface area (Å²) in [7, 11) is 0. The molecule has 0 aromatic heterocycles. The van der Waals surface area contributed by atoms with Gasteiger partial charge in [0.05, 0.1) is 11.3 Å². The third-order valence-electron chi connectivity index (χ3n) is 3.43. The maximum atomic E-state index is 13.0. The van der Waals surface area contributed by atoms with Gasteiger partial charge in [0.25, 0.3) is 0 Å². The topological polar surface area (TPSA) is 73.2 Å². The van der Waals surface area contributed by atoms with Crippen molar-refractivity contribution in [1.82, 2.24) is 0 Å². The molecule has 0 aliphatic rings. The number of anilines is 1. The van der Waals surface area contributed by atoms with Crippen molar-refractivity contribution in [3.63, 3.8) is 0 Å². The fourth-order valence-corrected chi connectivity index (χ4v) is 2.83. The molecule has 142 valence electrons. The average molecular weight is 417 g/mol. The minimum absolute atomic E-state index is 0.0287. The summed E-state index contributed by atoms with van der Waals surface area (Å²) in [6, 6.07) is 7.54. The van der Waals surface area contributed by atoms with E-state index < -0.39 is 17.7 Å². The van der Waals surface area contributed by atoms with Crippen LogP contribution in [0.25, 0.3) is 0 Å². The molecule has 0 amide bonds. The lowest BCUT2D eigenvalue weighted by molar-refractivity contribution is -0.137. The number of hydrogen-bond acceptors (Lipinski definition) is 3. The van der Waals surface area contributed by atoms with Gasteiger partial charge >= 0.3 is 12.1 Å². The Kier molecular flexibility index (Phi) is 6.51. The van der Waals surface area contributed by atoms with E-state index in [-0.39, 0.29) is 23.5 Å². The third-order valence-corrected chi connectivity index (χ3v) is 3.87. The van der Waals surface area contributed by atoms with Crippen LogP contribution in [0.4, 0.5) is 18.9 Å². The van der Waals surface area contributed by atoms with E-state index in [1.54, 1.807) is 12.1 Å². The molecule has 2 rings (SSSR count). The quantitative estimate of drug-likeness (QED) is 0.421. The normalized spacial score (nSPS) is 11.6. The van der Waals surface area contributed by atoms with Gasteiger partial charge in [0.2, 0.25) is 0 Å². The van der Waals surface area contributed by atoms with Gasteiger partial charge in [0, 0.05) is 33.9 Å². The second-order valence-corrected chi connectivity index (χ2v) is 6.35. The van der Waals surface area contributed by atoms with Gasteiger partial charge in [-0.05, 0) is 42.0 Å². The van der Waals surface area contributed by atoms with Crippen LogP contribution in [0.1, 0.15) is 16.7 Å². The van der Waals surface area contributed by atoms with E-state index in [2.05, 4.69) is 5.32 Å². The fourth-order valence-electron chi connectivity index (χ4n) is 2.26. The number of hydrogen-bond donors (Lipinski definition) is 3. The highest BCUT2D eigenvalue weighted by molar-refractivity contribution is 6.34. The second kappa shape index (κ2) is 8.45. The molecule has 0 atom stereocenters. The summed E-state index contributed by atoms with van der Waals surface area (Å²) < 4.78 is 39.0. The van der Waals surface area contributed by atoms with Crippen molar-refractivity contribution in [1.29, 1.82) is 5.41 Å². The number of benzene rings is 2. The molecule has 2 aromatic rings. The van der Waals surface area contributed by atoms with Gasteiger partial charge in [-0.15, -0.1) is 0 Å². The molecule has 0 heterocycles. The number of halogens is 5. The second-order valence-electron chi connectivity index (χ2n) is 5.47. The summed E-state index contributed by atoms with van der Waals surface area (Å²) >= 11 is 11.8. The minimum Gasteiger partial charge on any atom is -0.478 e. The van der Waals surface area contributed by atoms with Crippen LogP contribution < -0.4 is 5.32 Å². The van der Waals surface area contributed by atoms with Crippen LogP contribution >= 0.6 is 23.2 Å². The van der Waals surface area contributed by atoms with Crippen molar-refractivity contribution in [3.8, 4) is 0 Å². The van der Waals surface area contributed by atoms with E-state index in [9.17, 15) is 18.0 Å². The Balaban J connectivity index is 2.37. The number of carbonyl (C=O) groups is 1. The van der Waals surface area contributed by atoms with E-state index >= 15 is 0 Å². The van der Waals surface area contributed by atoms with Crippen molar-refractivity contribution >= 4 is 40.6 Å². The zero-order valence-electron chi connectivity index (χ0n) is 13.6. The lowest BCUT2D eigenvalue weighted by Crippen LogP contribution is -2.10. The Morgan fingerprint density at radius 1 is 1.11 bits per heavy atom. The Morgan fingerprint density at radius 2 is 1.74 bits per heavy atom. The standard InChI is InChI=1S/C18H13Cl2F3N2O2/c19-12-5-10(6-13(20)8-12)9-25-16-7-11(18(21,22)23)1-2-14(16)15(24)3-4-17(26)27/h1-8,24-25H,9H2,(H,26,27)/b4-3+,24-15?. The molecule has 4 nitrogen and oxygen atoms in total. The van der Waals surface area contributed by atoms with E-state index in [4.69, 9.17) is 33.7 Å². The first kappa shape index (κ1) is 20.8. The average Bonchev–Trinajstić information content (AvgIpc) is 2.56. The largest absolute Gasteiger partial charge is 0.478 e. The molecule has 0 unspecified atom stereocenters. The van der Waals surface area contributed by atoms with Crippen molar-refractivity contribution in [2.75, 3.05) is 5.32 Å². The summed E-state index contributed by atoms with van der Waals surface area (Å²) in [5.74, 6) is -1.27. The highest BCUT2D eigenvalue weighted by atomic mass is 35.5. The molecule has 9 heteroatoms.